The molecule has 22 heavy (non-hydrogen) atoms. The standard InChI is InChI=1S/C17H33N3O2/c1-13(2)11-19-8-5-4-6-16(19)10-18-17(22)20-9-7-15(12-20)14(3)21/h13-16,21H,4-12H2,1-3H3,(H,18,22). The molecule has 3 atom stereocenters. The number of aliphatic hydroxyl groups is 1. The number of hydrogen-bond acceptors (Lipinski definition) is 3. The molecule has 5 heteroatoms. The normalized spacial score (nSPS) is 28.1. The Morgan fingerprint density at radius 1 is 1.23 bits per heavy atom. The first kappa shape index (κ1) is 17.5. The topological polar surface area (TPSA) is 55.8 Å². The molecule has 0 aromatic heterocycles. The lowest BCUT2D eigenvalue weighted by molar-refractivity contribution is 0.123. The average Bonchev–Trinajstić information content (AvgIpc) is 2.95. The number of rotatable bonds is 5. The van der Waals surface area contributed by atoms with Crippen molar-refractivity contribution in [2.24, 2.45) is 11.8 Å². The van der Waals surface area contributed by atoms with Crippen LogP contribution in [-0.4, -0.2) is 65.8 Å². The van der Waals surface area contributed by atoms with Crippen LogP contribution < -0.4 is 5.32 Å². The Labute approximate surface area is 135 Å². The van der Waals surface area contributed by atoms with E-state index in [1.807, 2.05) is 11.8 Å². The van der Waals surface area contributed by atoms with Gasteiger partial charge in [0.2, 0.25) is 0 Å². The number of likely N-dealkylation sites (tertiary alicyclic amines) is 2. The fourth-order valence-corrected chi connectivity index (χ4v) is 3.68. The van der Waals surface area contributed by atoms with Crippen molar-refractivity contribution >= 4 is 6.03 Å². The maximum absolute atomic E-state index is 12.3. The Morgan fingerprint density at radius 2 is 2.00 bits per heavy atom. The molecule has 0 aromatic rings. The molecular weight excluding hydrogens is 278 g/mol. The summed E-state index contributed by atoms with van der Waals surface area (Å²) >= 11 is 0. The summed E-state index contributed by atoms with van der Waals surface area (Å²) in [6.45, 7) is 10.8. The van der Waals surface area contributed by atoms with E-state index >= 15 is 0 Å². The van der Waals surface area contributed by atoms with Gasteiger partial charge in [-0.3, -0.25) is 4.90 Å². The number of carbonyl (C=O) groups excluding carboxylic acids is 1. The summed E-state index contributed by atoms with van der Waals surface area (Å²) in [6, 6.07) is 0.522. The number of nitrogens with zero attached hydrogens (tertiary/aromatic N) is 2. The van der Waals surface area contributed by atoms with Crippen molar-refractivity contribution in [1.29, 1.82) is 0 Å². The van der Waals surface area contributed by atoms with Crippen molar-refractivity contribution in [1.82, 2.24) is 15.1 Å². The summed E-state index contributed by atoms with van der Waals surface area (Å²) < 4.78 is 0. The summed E-state index contributed by atoms with van der Waals surface area (Å²) in [4.78, 5) is 16.7. The molecule has 2 aliphatic heterocycles. The van der Waals surface area contributed by atoms with Crippen molar-refractivity contribution in [2.45, 2.75) is 58.6 Å². The molecule has 2 amide bonds. The van der Waals surface area contributed by atoms with Crippen LogP contribution in [-0.2, 0) is 0 Å². The minimum absolute atomic E-state index is 0.0400. The third-order valence-corrected chi connectivity index (χ3v) is 5.03. The SMILES string of the molecule is CC(C)CN1CCCCC1CNC(=O)N1CCC(C(C)O)C1. The van der Waals surface area contributed by atoms with Crippen LogP contribution in [0, 0.1) is 11.8 Å². The highest BCUT2D eigenvalue weighted by molar-refractivity contribution is 5.74. The number of carbonyl (C=O) groups is 1. The van der Waals surface area contributed by atoms with Gasteiger partial charge in [0.1, 0.15) is 0 Å². The highest BCUT2D eigenvalue weighted by Gasteiger charge is 2.30. The van der Waals surface area contributed by atoms with Gasteiger partial charge in [0.05, 0.1) is 6.10 Å². The summed E-state index contributed by atoms with van der Waals surface area (Å²) in [5, 5.41) is 12.8. The maximum Gasteiger partial charge on any atom is 0.317 e. The van der Waals surface area contributed by atoms with Crippen molar-refractivity contribution in [3.05, 3.63) is 0 Å². The van der Waals surface area contributed by atoms with E-state index in [4.69, 9.17) is 0 Å². The van der Waals surface area contributed by atoms with Gasteiger partial charge in [-0.15, -0.1) is 0 Å². The smallest absolute Gasteiger partial charge is 0.317 e. The summed E-state index contributed by atoms with van der Waals surface area (Å²) in [7, 11) is 0. The van der Waals surface area contributed by atoms with Crippen molar-refractivity contribution in [3.63, 3.8) is 0 Å². The minimum atomic E-state index is -0.322. The van der Waals surface area contributed by atoms with E-state index in [2.05, 4.69) is 24.1 Å². The Kier molecular flexibility index (Phi) is 6.50. The summed E-state index contributed by atoms with van der Waals surface area (Å²) in [6.07, 6.45) is 4.32. The lowest BCUT2D eigenvalue weighted by atomic mass is 10.0. The first-order valence-electron chi connectivity index (χ1n) is 8.92. The van der Waals surface area contributed by atoms with Gasteiger partial charge < -0.3 is 15.3 Å². The van der Waals surface area contributed by atoms with E-state index in [9.17, 15) is 9.90 Å². The van der Waals surface area contributed by atoms with Gasteiger partial charge in [-0.25, -0.2) is 4.79 Å². The van der Waals surface area contributed by atoms with Gasteiger partial charge in [0, 0.05) is 38.1 Å². The predicted molar refractivity (Wildman–Crippen MR) is 88.8 cm³/mol. The third kappa shape index (κ3) is 4.85. The van der Waals surface area contributed by atoms with Gasteiger partial charge in [0.25, 0.3) is 0 Å². The Hall–Kier alpha value is -0.810. The zero-order valence-corrected chi connectivity index (χ0v) is 14.4. The van der Waals surface area contributed by atoms with Gasteiger partial charge in [-0.05, 0) is 38.6 Å². The minimum Gasteiger partial charge on any atom is -0.393 e. The maximum atomic E-state index is 12.3. The van der Waals surface area contributed by atoms with Gasteiger partial charge >= 0.3 is 6.03 Å². The van der Waals surface area contributed by atoms with Crippen LogP contribution in [0.15, 0.2) is 0 Å². The summed E-state index contributed by atoms with van der Waals surface area (Å²) in [5.74, 6) is 0.902. The van der Waals surface area contributed by atoms with Crippen molar-refractivity contribution < 1.29 is 9.90 Å². The highest BCUT2D eigenvalue weighted by Crippen LogP contribution is 2.20. The fourth-order valence-electron chi connectivity index (χ4n) is 3.68. The second-order valence-corrected chi connectivity index (χ2v) is 7.46. The molecule has 0 saturated carbocycles. The molecule has 2 rings (SSSR count). The van der Waals surface area contributed by atoms with Crippen LogP contribution in [0.5, 0.6) is 0 Å². The Balaban J connectivity index is 1.77. The lowest BCUT2D eigenvalue weighted by Gasteiger charge is -2.37. The molecule has 0 aliphatic carbocycles. The molecule has 128 valence electrons. The van der Waals surface area contributed by atoms with E-state index in [1.54, 1.807) is 0 Å². The van der Waals surface area contributed by atoms with Crippen molar-refractivity contribution in [3.8, 4) is 0 Å². The first-order chi connectivity index (χ1) is 10.5. The molecule has 2 fully saturated rings. The number of piperidine rings is 1. The largest absolute Gasteiger partial charge is 0.393 e. The zero-order valence-electron chi connectivity index (χ0n) is 14.4. The van der Waals surface area contributed by atoms with E-state index < -0.39 is 0 Å². The van der Waals surface area contributed by atoms with Crippen LogP contribution in [0.4, 0.5) is 4.79 Å². The molecule has 0 radical (unpaired) electrons. The quantitative estimate of drug-likeness (QED) is 0.815. The van der Waals surface area contributed by atoms with E-state index in [-0.39, 0.29) is 18.1 Å². The van der Waals surface area contributed by atoms with E-state index in [0.717, 1.165) is 32.6 Å². The summed E-state index contributed by atoms with van der Waals surface area (Å²) in [5.41, 5.74) is 0. The zero-order chi connectivity index (χ0) is 16.1. The Bertz CT molecular complexity index is 360. The number of nitrogens with one attached hydrogen (secondary N) is 1. The van der Waals surface area contributed by atoms with Gasteiger partial charge in [0.15, 0.2) is 0 Å². The highest BCUT2D eigenvalue weighted by atomic mass is 16.3. The van der Waals surface area contributed by atoms with Gasteiger partial charge in [-0.2, -0.15) is 0 Å². The molecule has 2 heterocycles. The number of amides is 2. The lowest BCUT2D eigenvalue weighted by Crippen LogP contribution is -2.50. The van der Waals surface area contributed by atoms with Gasteiger partial charge in [-0.1, -0.05) is 20.3 Å². The Morgan fingerprint density at radius 3 is 2.64 bits per heavy atom. The predicted octanol–water partition coefficient (Wildman–Crippen LogP) is 1.91. The number of urea groups is 1. The molecule has 0 aromatic carbocycles. The molecule has 2 N–H and O–H groups in total. The number of aliphatic hydroxyl groups excluding tert-OH is 1. The molecule has 0 bridgehead atoms. The molecule has 3 unspecified atom stereocenters. The van der Waals surface area contributed by atoms with Crippen LogP contribution in [0.2, 0.25) is 0 Å². The van der Waals surface area contributed by atoms with Crippen LogP contribution in [0.1, 0.15) is 46.5 Å². The second-order valence-electron chi connectivity index (χ2n) is 7.46. The molecule has 5 nitrogen and oxygen atoms in total. The van der Waals surface area contributed by atoms with E-state index in [0.29, 0.717) is 18.5 Å². The third-order valence-electron chi connectivity index (χ3n) is 5.03. The van der Waals surface area contributed by atoms with Crippen molar-refractivity contribution in [2.75, 3.05) is 32.7 Å². The fraction of sp³-hybridized carbons (Fsp3) is 0.941. The monoisotopic (exact) mass is 311 g/mol. The molecule has 2 aliphatic rings. The molecular formula is C17H33N3O2. The molecule has 2 saturated heterocycles. The van der Waals surface area contributed by atoms with Crippen LogP contribution in [0.3, 0.4) is 0 Å². The van der Waals surface area contributed by atoms with E-state index in [1.165, 1.54) is 19.3 Å². The second kappa shape index (κ2) is 8.16. The van der Waals surface area contributed by atoms with Crippen LogP contribution >= 0.6 is 0 Å². The average molecular weight is 311 g/mol. The molecule has 0 spiro atoms. The van der Waals surface area contributed by atoms with Crippen LogP contribution in [0.25, 0.3) is 0 Å². The number of hydrogen-bond donors (Lipinski definition) is 2. The first-order valence-corrected chi connectivity index (χ1v) is 8.92.